The molecule has 7 nitrogen and oxygen atoms in total. The lowest BCUT2D eigenvalue weighted by atomic mass is 10.2. The molecule has 1 aromatic rings. The molecule has 4 rings (SSSR count). The lowest BCUT2D eigenvalue weighted by Gasteiger charge is -2.23. The molecule has 3 saturated heterocycles. The van der Waals surface area contributed by atoms with Crippen LogP contribution in [0.2, 0.25) is 0 Å². The zero-order valence-electron chi connectivity index (χ0n) is 14.0. The Labute approximate surface area is 146 Å². The number of carbonyl (C=O) groups excluding carboxylic acids is 3. The second-order valence-electron chi connectivity index (χ2n) is 6.73. The molecule has 0 aromatic heterocycles. The Bertz CT molecular complexity index is 671. The Hall–Kier alpha value is -2.57. The molecule has 0 radical (unpaired) electrons. The van der Waals surface area contributed by atoms with Gasteiger partial charge in [-0.2, -0.15) is 0 Å². The number of benzene rings is 1. The van der Waals surface area contributed by atoms with E-state index in [4.69, 9.17) is 4.74 Å². The van der Waals surface area contributed by atoms with Crippen molar-refractivity contribution < 1.29 is 19.1 Å². The zero-order valence-corrected chi connectivity index (χ0v) is 14.0. The molecule has 3 fully saturated rings. The monoisotopic (exact) mass is 343 g/mol. The van der Waals surface area contributed by atoms with E-state index in [0.29, 0.717) is 31.8 Å². The number of rotatable bonds is 4. The molecule has 0 unspecified atom stereocenters. The highest BCUT2D eigenvalue weighted by Crippen LogP contribution is 2.31. The summed E-state index contributed by atoms with van der Waals surface area (Å²) in [5, 5.41) is 0. The maximum atomic E-state index is 12.5. The van der Waals surface area contributed by atoms with Gasteiger partial charge in [0.25, 0.3) is 11.8 Å². The van der Waals surface area contributed by atoms with E-state index in [-0.39, 0.29) is 36.5 Å². The van der Waals surface area contributed by atoms with Crippen molar-refractivity contribution in [2.24, 2.45) is 0 Å². The largest absolute Gasteiger partial charge is 0.484 e. The summed E-state index contributed by atoms with van der Waals surface area (Å²) < 4.78 is 5.50. The van der Waals surface area contributed by atoms with Crippen molar-refractivity contribution in [1.82, 2.24) is 14.7 Å². The van der Waals surface area contributed by atoms with Crippen molar-refractivity contribution in [2.75, 3.05) is 26.2 Å². The molecule has 3 aliphatic heterocycles. The Balaban J connectivity index is 1.34. The first-order chi connectivity index (χ1) is 12.1. The van der Waals surface area contributed by atoms with Crippen LogP contribution in [0.4, 0.5) is 4.79 Å². The Morgan fingerprint density at radius 1 is 1.12 bits per heavy atom. The van der Waals surface area contributed by atoms with E-state index in [1.807, 2.05) is 18.2 Å². The van der Waals surface area contributed by atoms with E-state index in [2.05, 4.69) is 0 Å². The molecule has 25 heavy (non-hydrogen) atoms. The lowest BCUT2D eigenvalue weighted by Crippen LogP contribution is -2.44. The fraction of sp³-hybridized carbons (Fsp3) is 0.500. The van der Waals surface area contributed by atoms with Crippen molar-refractivity contribution in [3.8, 4) is 5.75 Å². The van der Waals surface area contributed by atoms with Crippen molar-refractivity contribution in [3.63, 3.8) is 0 Å². The van der Waals surface area contributed by atoms with Crippen LogP contribution in [0.3, 0.4) is 0 Å². The molecular weight excluding hydrogens is 322 g/mol. The summed E-state index contributed by atoms with van der Waals surface area (Å²) in [6.45, 7) is 1.57. The van der Waals surface area contributed by atoms with Crippen LogP contribution in [0.5, 0.6) is 5.75 Å². The molecule has 3 aliphatic rings. The van der Waals surface area contributed by atoms with Crippen LogP contribution in [-0.2, 0) is 9.59 Å². The fourth-order valence-electron chi connectivity index (χ4n) is 3.91. The smallest absolute Gasteiger partial charge is 0.327 e. The summed E-state index contributed by atoms with van der Waals surface area (Å²) in [5.74, 6) is 0.436. The molecule has 0 N–H and O–H groups in total. The molecule has 4 amide bonds. The first-order valence-electron chi connectivity index (χ1n) is 8.74. The third kappa shape index (κ3) is 2.83. The van der Waals surface area contributed by atoms with Gasteiger partial charge in [-0.25, -0.2) is 4.79 Å². The average Bonchev–Trinajstić information content (AvgIpc) is 3.33. The van der Waals surface area contributed by atoms with Crippen molar-refractivity contribution in [1.29, 1.82) is 0 Å². The van der Waals surface area contributed by atoms with Gasteiger partial charge < -0.3 is 14.5 Å². The normalized spacial score (nSPS) is 25.7. The van der Waals surface area contributed by atoms with Gasteiger partial charge in [-0.15, -0.1) is 0 Å². The molecule has 1 aromatic carbocycles. The van der Waals surface area contributed by atoms with Crippen LogP contribution < -0.4 is 4.74 Å². The van der Waals surface area contributed by atoms with Crippen molar-refractivity contribution in [3.05, 3.63) is 30.3 Å². The van der Waals surface area contributed by atoms with Gasteiger partial charge in [0.1, 0.15) is 11.8 Å². The third-order valence-corrected chi connectivity index (χ3v) is 5.21. The summed E-state index contributed by atoms with van der Waals surface area (Å²) in [6.07, 6.45) is 2.28. The van der Waals surface area contributed by atoms with E-state index in [9.17, 15) is 14.4 Å². The number of amides is 4. The average molecular weight is 343 g/mol. The van der Waals surface area contributed by atoms with Crippen LogP contribution in [0, 0.1) is 0 Å². The van der Waals surface area contributed by atoms with Gasteiger partial charge in [0.2, 0.25) is 0 Å². The quantitative estimate of drug-likeness (QED) is 0.768. The Morgan fingerprint density at radius 3 is 2.68 bits per heavy atom. The standard InChI is InChI=1S/C18H21N3O4/c22-16(12-25-14-5-2-1-3-6-14)19-10-8-13(11-19)21-17(23)15-7-4-9-20(15)18(21)24/h1-3,5-6,13,15H,4,7-12H2/t13-,15-/m1/s1. The summed E-state index contributed by atoms with van der Waals surface area (Å²) in [7, 11) is 0. The van der Waals surface area contributed by atoms with Crippen LogP contribution in [0.1, 0.15) is 19.3 Å². The lowest BCUT2D eigenvalue weighted by molar-refractivity contribution is -0.133. The van der Waals surface area contributed by atoms with Gasteiger partial charge >= 0.3 is 6.03 Å². The molecule has 0 spiro atoms. The van der Waals surface area contributed by atoms with E-state index < -0.39 is 0 Å². The second-order valence-corrected chi connectivity index (χ2v) is 6.73. The minimum atomic E-state index is -0.279. The highest BCUT2D eigenvalue weighted by molar-refractivity contribution is 6.05. The number of hydrogen-bond donors (Lipinski definition) is 0. The van der Waals surface area contributed by atoms with E-state index in [0.717, 1.165) is 12.8 Å². The fourth-order valence-corrected chi connectivity index (χ4v) is 3.91. The van der Waals surface area contributed by atoms with Crippen LogP contribution >= 0.6 is 0 Å². The number of imide groups is 1. The second kappa shape index (κ2) is 6.38. The first-order valence-corrected chi connectivity index (χ1v) is 8.74. The highest BCUT2D eigenvalue weighted by Gasteiger charge is 2.51. The SMILES string of the molecule is O=C(COc1ccccc1)N1CC[C@@H](N2C(=O)[C@H]3CCCN3C2=O)C1. The number of nitrogens with zero attached hydrogens (tertiary/aromatic N) is 3. The number of carbonyl (C=O) groups is 3. The first kappa shape index (κ1) is 15.9. The minimum absolute atomic E-state index is 0.0343. The molecule has 3 heterocycles. The summed E-state index contributed by atoms with van der Waals surface area (Å²) in [6, 6.07) is 8.50. The van der Waals surface area contributed by atoms with Crippen LogP contribution in [-0.4, -0.2) is 70.9 Å². The maximum absolute atomic E-state index is 12.5. The molecule has 7 heteroatoms. The number of hydrogen-bond acceptors (Lipinski definition) is 4. The van der Waals surface area contributed by atoms with Gasteiger partial charge in [-0.1, -0.05) is 18.2 Å². The molecule has 0 saturated carbocycles. The van der Waals surface area contributed by atoms with Crippen LogP contribution in [0.25, 0.3) is 0 Å². The Morgan fingerprint density at radius 2 is 1.92 bits per heavy atom. The highest BCUT2D eigenvalue weighted by atomic mass is 16.5. The predicted octanol–water partition coefficient (Wildman–Crippen LogP) is 1.09. The number of likely N-dealkylation sites (tertiary alicyclic amines) is 1. The van der Waals surface area contributed by atoms with Crippen LogP contribution in [0.15, 0.2) is 30.3 Å². The van der Waals surface area contributed by atoms with Gasteiger partial charge in [0, 0.05) is 19.6 Å². The topological polar surface area (TPSA) is 70.2 Å². The molecule has 0 aliphatic carbocycles. The van der Waals surface area contributed by atoms with E-state index in [1.54, 1.807) is 21.9 Å². The Kier molecular flexibility index (Phi) is 4.07. The van der Waals surface area contributed by atoms with Crippen molar-refractivity contribution >= 4 is 17.8 Å². The van der Waals surface area contributed by atoms with E-state index in [1.165, 1.54) is 4.90 Å². The number of urea groups is 1. The van der Waals surface area contributed by atoms with Gasteiger partial charge in [0.15, 0.2) is 6.61 Å². The minimum Gasteiger partial charge on any atom is -0.484 e. The summed E-state index contributed by atoms with van der Waals surface area (Å²) in [4.78, 5) is 42.1. The summed E-state index contributed by atoms with van der Waals surface area (Å²) in [5.41, 5.74) is 0. The number of para-hydroxylation sites is 1. The van der Waals surface area contributed by atoms with Gasteiger partial charge in [-0.3, -0.25) is 14.5 Å². The molecule has 132 valence electrons. The maximum Gasteiger partial charge on any atom is 0.327 e. The zero-order chi connectivity index (χ0) is 17.4. The predicted molar refractivity (Wildman–Crippen MR) is 88.9 cm³/mol. The third-order valence-electron chi connectivity index (χ3n) is 5.21. The van der Waals surface area contributed by atoms with E-state index >= 15 is 0 Å². The van der Waals surface area contributed by atoms with Crippen molar-refractivity contribution in [2.45, 2.75) is 31.3 Å². The van der Waals surface area contributed by atoms with Gasteiger partial charge in [0.05, 0.1) is 6.04 Å². The number of ether oxygens (including phenoxy) is 1. The summed E-state index contributed by atoms with van der Waals surface area (Å²) >= 11 is 0. The van der Waals surface area contributed by atoms with Gasteiger partial charge in [-0.05, 0) is 31.4 Å². The molecule has 0 bridgehead atoms. The molecule has 2 atom stereocenters. The number of fused-ring (bicyclic) bond motifs is 1. The molecular formula is C18H21N3O4.